The molecule has 2 N–H and O–H groups in total. The zero-order chi connectivity index (χ0) is 22.9. The average Bonchev–Trinajstić information content (AvgIpc) is 2.75. The first kappa shape index (κ1) is 23.1. The van der Waals surface area contributed by atoms with Crippen LogP contribution >= 0.6 is 23.2 Å². The second kappa shape index (κ2) is 9.30. The fraction of sp³-hybridized carbons (Fsp3) is 0.381. The molecule has 2 unspecified atom stereocenters. The molecule has 1 fully saturated rings. The van der Waals surface area contributed by atoms with Crippen LogP contribution in [0, 0.1) is 16.0 Å². The van der Waals surface area contributed by atoms with Gasteiger partial charge in [0.1, 0.15) is 0 Å². The third kappa shape index (κ3) is 4.71. The molecule has 1 heterocycles. The maximum Gasteiger partial charge on any atom is 0.315 e. The van der Waals surface area contributed by atoms with Gasteiger partial charge in [-0.1, -0.05) is 36.2 Å². The van der Waals surface area contributed by atoms with Crippen LogP contribution in [0.25, 0.3) is 0 Å². The number of carbonyl (C=O) groups is 1. The van der Waals surface area contributed by atoms with E-state index in [2.05, 4.69) is 9.80 Å². The van der Waals surface area contributed by atoms with E-state index in [0.29, 0.717) is 36.2 Å². The number of phenolic OH excluding ortho intramolecular Hbond substituents is 2. The van der Waals surface area contributed by atoms with Gasteiger partial charge in [-0.2, -0.15) is 0 Å². The standard InChI is InChI=1S/C21H23Cl2N3O5/c1-12(20(28)14-10-17(26(30)31)21(29)18(27)11-14)13(2)24-6-8-25(9-7-24)16-5-3-4-15(22)19(16)23/h3-5,10-13,27,29H,6-9H2,1-2H3. The first-order valence-electron chi connectivity index (χ1n) is 9.79. The first-order chi connectivity index (χ1) is 14.6. The maximum absolute atomic E-state index is 13.0. The number of hydrogen-bond acceptors (Lipinski definition) is 7. The summed E-state index contributed by atoms with van der Waals surface area (Å²) in [6, 6.07) is 7.44. The predicted octanol–water partition coefficient (Wildman–Crippen LogP) is 4.34. The van der Waals surface area contributed by atoms with Crippen molar-refractivity contribution >= 4 is 40.4 Å². The molecule has 1 aliphatic rings. The van der Waals surface area contributed by atoms with Crippen LogP contribution in [0.15, 0.2) is 30.3 Å². The molecule has 2 atom stereocenters. The van der Waals surface area contributed by atoms with Gasteiger partial charge in [-0.05, 0) is 25.1 Å². The lowest BCUT2D eigenvalue weighted by atomic mass is 9.91. The molecule has 0 bridgehead atoms. The van der Waals surface area contributed by atoms with E-state index in [1.165, 1.54) is 0 Å². The number of anilines is 1. The van der Waals surface area contributed by atoms with E-state index in [4.69, 9.17) is 23.2 Å². The van der Waals surface area contributed by atoms with E-state index >= 15 is 0 Å². The van der Waals surface area contributed by atoms with E-state index in [9.17, 15) is 25.1 Å². The molecule has 3 rings (SSSR count). The average molecular weight is 468 g/mol. The van der Waals surface area contributed by atoms with Gasteiger partial charge in [-0.3, -0.25) is 19.8 Å². The van der Waals surface area contributed by atoms with Crippen LogP contribution < -0.4 is 4.90 Å². The van der Waals surface area contributed by atoms with Crippen LogP contribution in [0.2, 0.25) is 10.0 Å². The molecule has 0 spiro atoms. The Morgan fingerprint density at radius 3 is 2.39 bits per heavy atom. The van der Waals surface area contributed by atoms with Crippen molar-refractivity contribution in [1.29, 1.82) is 0 Å². The molecule has 1 aliphatic heterocycles. The van der Waals surface area contributed by atoms with Gasteiger partial charge in [0.25, 0.3) is 0 Å². The third-order valence-electron chi connectivity index (χ3n) is 5.85. The Kier molecular flexibility index (Phi) is 6.93. The number of ketones is 1. The van der Waals surface area contributed by atoms with Crippen LogP contribution in [0.3, 0.4) is 0 Å². The topological polar surface area (TPSA) is 107 Å². The Hall–Kier alpha value is -2.55. The van der Waals surface area contributed by atoms with Gasteiger partial charge < -0.3 is 15.1 Å². The molecule has 0 saturated carbocycles. The van der Waals surface area contributed by atoms with Crippen molar-refractivity contribution < 1.29 is 19.9 Å². The number of nitrogens with zero attached hydrogens (tertiary/aromatic N) is 3. The minimum absolute atomic E-state index is 0.00862. The van der Waals surface area contributed by atoms with Crippen LogP contribution in [0.1, 0.15) is 24.2 Å². The Morgan fingerprint density at radius 1 is 1.13 bits per heavy atom. The molecule has 0 amide bonds. The lowest BCUT2D eigenvalue weighted by molar-refractivity contribution is -0.386. The number of rotatable bonds is 6. The van der Waals surface area contributed by atoms with Gasteiger partial charge in [-0.25, -0.2) is 0 Å². The summed E-state index contributed by atoms with van der Waals surface area (Å²) in [5.41, 5.74) is 0.165. The molecule has 31 heavy (non-hydrogen) atoms. The second-order valence-corrected chi connectivity index (χ2v) is 8.39. The van der Waals surface area contributed by atoms with Crippen LogP contribution in [0.5, 0.6) is 11.5 Å². The lowest BCUT2D eigenvalue weighted by Gasteiger charge is -2.41. The molecular weight excluding hydrogens is 445 g/mol. The molecule has 2 aromatic carbocycles. The number of hydrogen-bond donors (Lipinski definition) is 2. The van der Waals surface area contributed by atoms with Gasteiger partial charge in [0.05, 0.1) is 20.7 Å². The van der Waals surface area contributed by atoms with Crippen molar-refractivity contribution in [3.05, 3.63) is 56.1 Å². The number of halogens is 2. The number of nitro groups is 1. The van der Waals surface area contributed by atoms with Gasteiger partial charge in [0.2, 0.25) is 5.75 Å². The number of piperazine rings is 1. The predicted molar refractivity (Wildman–Crippen MR) is 120 cm³/mol. The second-order valence-electron chi connectivity index (χ2n) is 7.61. The molecule has 0 radical (unpaired) electrons. The summed E-state index contributed by atoms with van der Waals surface area (Å²) in [5, 5.41) is 31.5. The third-order valence-corrected chi connectivity index (χ3v) is 6.66. The minimum Gasteiger partial charge on any atom is -0.504 e. The largest absolute Gasteiger partial charge is 0.504 e. The van der Waals surface area contributed by atoms with Crippen molar-refractivity contribution in [2.75, 3.05) is 31.1 Å². The summed E-state index contributed by atoms with van der Waals surface area (Å²) in [5.74, 6) is -2.36. The summed E-state index contributed by atoms with van der Waals surface area (Å²) < 4.78 is 0. The van der Waals surface area contributed by atoms with Gasteiger partial charge in [-0.15, -0.1) is 0 Å². The Morgan fingerprint density at radius 2 is 1.77 bits per heavy atom. The van der Waals surface area contributed by atoms with E-state index in [0.717, 1.165) is 17.8 Å². The fourth-order valence-electron chi connectivity index (χ4n) is 3.79. The van der Waals surface area contributed by atoms with Crippen LogP contribution in [0.4, 0.5) is 11.4 Å². The zero-order valence-corrected chi connectivity index (χ0v) is 18.6. The molecule has 0 aromatic heterocycles. The van der Waals surface area contributed by atoms with Crippen molar-refractivity contribution in [2.24, 2.45) is 5.92 Å². The summed E-state index contributed by atoms with van der Waals surface area (Å²) in [6.45, 7) is 6.49. The summed E-state index contributed by atoms with van der Waals surface area (Å²) in [7, 11) is 0. The summed E-state index contributed by atoms with van der Waals surface area (Å²) in [4.78, 5) is 27.5. The quantitative estimate of drug-likeness (QED) is 0.281. The van der Waals surface area contributed by atoms with Crippen molar-refractivity contribution in [2.45, 2.75) is 19.9 Å². The molecule has 10 heteroatoms. The van der Waals surface area contributed by atoms with Gasteiger partial charge in [0.15, 0.2) is 11.5 Å². The van der Waals surface area contributed by atoms with E-state index in [1.807, 2.05) is 19.1 Å². The zero-order valence-electron chi connectivity index (χ0n) is 17.1. The molecule has 2 aromatic rings. The SMILES string of the molecule is CC(C(=O)c1cc(O)c(O)c([N+](=O)[O-])c1)C(C)N1CCN(c2cccc(Cl)c2Cl)CC1. The van der Waals surface area contributed by atoms with Crippen LogP contribution in [-0.2, 0) is 0 Å². The highest BCUT2D eigenvalue weighted by Gasteiger charge is 2.31. The van der Waals surface area contributed by atoms with Crippen LogP contribution in [-0.4, -0.2) is 58.0 Å². The van der Waals surface area contributed by atoms with Crippen molar-refractivity contribution in [3.63, 3.8) is 0 Å². The molecule has 8 nitrogen and oxygen atoms in total. The summed E-state index contributed by atoms with van der Waals surface area (Å²) >= 11 is 12.4. The maximum atomic E-state index is 13.0. The first-order valence-corrected chi connectivity index (χ1v) is 10.5. The van der Waals surface area contributed by atoms with E-state index in [1.54, 1.807) is 13.0 Å². The number of benzene rings is 2. The normalized spacial score (nSPS) is 16.7. The van der Waals surface area contributed by atoms with Gasteiger partial charge >= 0.3 is 5.69 Å². The smallest absolute Gasteiger partial charge is 0.315 e. The Balaban J connectivity index is 1.70. The number of aromatic hydroxyl groups is 2. The molecule has 0 aliphatic carbocycles. The van der Waals surface area contributed by atoms with E-state index in [-0.39, 0.29) is 17.4 Å². The van der Waals surface area contributed by atoms with E-state index < -0.39 is 28.0 Å². The minimum atomic E-state index is -0.849. The molecule has 1 saturated heterocycles. The Labute approximate surface area is 189 Å². The Bertz CT molecular complexity index is 1010. The monoisotopic (exact) mass is 467 g/mol. The fourth-order valence-corrected chi connectivity index (χ4v) is 4.21. The van der Waals surface area contributed by atoms with Gasteiger partial charge in [0, 0.05) is 49.8 Å². The highest BCUT2D eigenvalue weighted by Crippen LogP contribution is 2.37. The number of Topliss-reactive ketones (excluding diaryl/α,β-unsaturated/α-hetero) is 1. The lowest BCUT2D eigenvalue weighted by Crippen LogP contribution is -2.52. The van der Waals surface area contributed by atoms with Crippen molar-refractivity contribution in [1.82, 2.24) is 4.90 Å². The molecule has 166 valence electrons. The highest BCUT2D eigenvalue weighted by atomic mass is 35.5. The number of carbonyl (C=O) groups excluding carboxylic acids is 1. The van der Waals surface area contributed by atoms with Crippen molar-refractivity contribution in [3.8, 4) is 11.5 Å². The molecular formula is C21H23Cl2N3O5. The highest BCUT2D eigenvalue weighted by molar-refractivity contribution is 6.43. The number of phenols is 2. The number of nitro benzene ring substituents is 1. The summed E-state index contributed by atoms with van der Waals surface area (Å²) in [6.07, 6.45) is 0.